The molecule has 0 unspecified atom stereocenters. The van der Waals surface area contributed by atoms with Crippen molar-refractivity contribution < 1.29 is 22.7 Å². The lowest BCUT2D eigenvalue weighted by Crippen LogP contribution is -2.26. The Morgan fingerprint density at radius 3 is 2.39 bits per heavy atom. The Balaban J connectivity index is 1.78. The first-order valence-corrected chi connectivity index (χ1v) is 10.8. The Bertz CT molecular complexity index is 1300. The molecule has 1 amide bonds. The number of ether oxygens (including phenoxy) is 1. The van der Waals surface area contributed by atoms with Crippen LogP contribution in [0.5, 0.6) is 5.75 Å². The number of benzene rings is 2. The lowest BCUT2D eigenvalue weighted by molar-refractivity contribution is -0.136. The Morgan fingerprint density at radius 1 is 1.12 bits per heavy atom. The Hall–Kier alpha value is -3.59. The van der Waals surface area contributed by atoms with Crippen LogP contribution in [0.15, 0.2) is 60.7 Å². The van der Waals surface area contributed by atoms with Gasteiger partial charge in [-0.25, -0.2) is 4.98 Å². The predicted octanol–water partition coefficient (Wildman–Crippen LogP) is 6.06. The standard InChI is InChI=1S/C24H20F3N3O2S/c1-13(14-6-4-3-5-7-14)29-22(31)21-20(28)19-17(24(25,26)27)12-18(30-23(19)33-21)15-8-10-16(32-2)11-9-15/h3-13H,28H2,1-2H3,(H,29,31)/t13-/m0/s1. The molecule has 0 spiro atoms. The molecule has 4 aromatic rings. The van der Waals surface area contributed by atoms with Crippen molar-refractivity contribution in [3.8, 4) is 17.0 Å². The topological polar surface area (TPSA) is 77.2 Å². The number of carbonyl (C=O) groups is 1. The highest BCUT2D eigenvalue weighted by atomic mass is 32.1. The van der Waals surface area contributed by atoms with Gasteiger partial charge in [0.1, 0.15) is 15.5 Å². The second-order valence-corrected chi connectivity index (χ2v) is 8.41. The number of nitrogen functional groups attached to an aromatic ring is 1. The van der Waals surface area contributed by atoms with Crippen LogP contribution in [0, 0.1) is 0 Å². The molecule has 2 aromatic heterocycles. The molecule has 0 fully saturated rings. The van der Waals surface area contributed by atoms with E-state index in [1.165, 1.54) is 7.11 Å². The lowest BCUT2D eigenvalue weighted by Gasteiger charge is -2.14. The minimum atomic E-state index is -4.68. The molecule has 170 valence electrons. The summed E-state index contributed by atoms with van der Waals surface area (Å²) in [6.07, 6.45) is -4.68. The molecular weight excluding hydrogens is 451 g/mol. The number of hydrogen-bond acceptors (Lipinski definition) is 5. The van der Waals surface area contributed by atoms with Gasteiger partial charge in [0.15, 0.2) is 0 Å². The molecule has 0 aliphatic carbocycles. The number of thiophene rings is 1. The van der Waals surface area contributed by atoms with Gasteiger partial charge in [-0.2, -0.15) is 13.2 Å². The van der Waals surface area contributed by atoms with Crippen molar-refractivity contribution in [2.75, 3.05) is 12.8 Å². The molecule has 5 nitrogen and oxygen atoms in total. The normalized spacial score (nSPS) is 12.5. The molecule has 33 heavy (non-hydrogen) atoms. The van der Waals surface area contributed by atoms with Crippen LogP contribution in [0.3, 0.4) is 0 Å². The summed E-state index contributed by atoms with van der Waals surface area (Å²) < 4.78 is 47.0. The number of nitrogens with one attached hydrogen (secondary N) is 1. The molecule has 1 atom stereocenters. The molecule has 0 saturated heterocycles. The Morgan fingerprint density at radius 2 is 1.79 bits per heavy atom. The first-order valence-electron chi connectivity index (χ1n) is 9.99. The fraction of sp³-hybridized carbons (Fsp3) is 0.167. The summed E-state index contributed by atoms with van der Waals surface area (Å²) in [4.78, 5) is 17.3. The lowest BCUT2D eigenvalue weighted by atomic mass is 10.0. The van der Waals surface area contributed by atoms with Crippen LogP contribution in [0.2, 0.25) is 0 Å². The van der Waals surface area contributed by atoms with E-state index in [9.17, 15) is 18.0 Å². The van der Waals surface area contributed by atoms with Gasteiger partial charge in [0.05, 0.1) is 30.1 Å². The predicted molar refractivity (Wildman–Crippen MR) is 123 cm³/mol. The quantitative estimate of drug-likeness (QED) is 0.371. The third kappa shape index (κ3) is 4.49. The summed E-state index contributed by atoms with van der Waals surface area (Å²) in [5.41, 5.74) is 6.39. The molecule has 0 aliphatic rings. The number of aromatic nitrogens is 1. The van der Waals surface area contributed by atoms with Gasteiger partial charge in [-0.1, -0.05) is 30.3 Å². The fourth-order valence-corrected chi connectivity index (χ4v) is 4.53. The van der Waals surface area contributed by atoms with Crippen LogP contribution in [-0.2, 0) is 6.18 Å². The van der Waals surface area contributed by atoms with Crippen LogP contribution in [-0.4, -0.2) is 18.0 Å². The maximum Gasteiger partial charge on any atom is 0.417 e. The summed E-state index contributed by atoms with van der Waals surface area (Å²) in [6, 6.07) is 16.4. The van der Waals surface area contributed by atoms with E-state index < -0.39 is 17.6 Å². The second kappa shape index (κ2) is 8.74. The second-order valence-electron chi connectivity index (χ2n) is 7.41. The van der Waals surface area contributed by atoms with E-state index in [-0.39, 0.29) is 32.5 Å². The number of pyridine rings is 1. The number of methoxy groups -OCH3 is 1. The number of amides is 1. The number of nitrogens with zero attached hydrogens (tertiary/aromatic N) is 1. The fourth-order valence-electron chi connectivity index (χ4n) is 3.51. The summed E-state index contributed by atoms with van der Waals surface area (Å²) in [5.74, 6) is 0.0220. The molecule has 3 N–H and O–H groups in total. The van der Waals surface area contributed by atoms with E-state index >= 15 is 0 Å². The van der Waals surface area contributed by atoms with Crippen molar-refractivity contribution in [1.82, 2.24) is 10.3 Å². The molecule has 4 rings (SSSR count). The molecule has 9 heteroatoms. The van der Waals surface area contributed by atoms with Crippen molar-refractivity contribution in [3.05, 3.63) is 76.7 Å². The summed E-state index contributed by atoms with van der Waals surface area (Å²) in [7, 11) is 1.50. The summed E-state index contributed by atoms with van der Waals surface area (Å²) in [6.45, 7) is 1.79. The Kier molecular flexibility index (Phi) is 5.99. The van der Waals surface area contributed by atoms with Crippen molar-refractivity contribution in [3.63, 3.8) is 0 Å². The van der Waals surface area contributed by atoms with Gasteiger partial charge in [0, 0.05) is 10.9 Å². The van der Waals surface area contributed by atoms with Crippen molar-refractivity contribution >= 4 is 33.1 Å². The number of anilines is 1. The Labute approximate surface area is 192 Å². The van der Waals surface area contributed by atoms with Crippen molar-refractivity contribution in [2.45, 2.75) is 19.1 Å². The minimum Gasteiger partial charge on any atom is -0.497 e. The third-order valence-corrected chi connectivity index (χ3v) is 6.34. The number of fused-ring (bicyclic) bond motifs is 1. The maximum atomic E-state index is 14.0. The van der Waals surface area contributed by atoms with E-state index in [4.69, 9.17) is 10.5 Å². The molecular formula is C24H20F3N3O2S. The zero-order chi connectivity index (χ0) is 23.8. The van der Waals surface area contributed by atoms with Gasteiger partial charge in [-0.3, -0.25) is 4.79 Å². The first-order chi connectivity index (χ1) is 15.7. The van der Waals surface area contributed by atoms with Crippen LogP contribution in [0.4, 0.5) is 18.9 Å². The number of nitrogens with two attached hydrogens (primary N) is 1. The molecule has 0 bridgehead atoms. The van der Waals surface area contributed by atoms with Crippen LogP contribution < -0.4 is 15.8 Å². The van der Waals surface area contributed by atoms with E-state index in [0.29, 0.717) is 11.3 Å². The summed E-state index contributed by atoms with van der Waals surface area (Å²) in [5, 5.41) is 2.54. The maximum absolute atomic E-state index is 14.0. The van der Waals surface area contributed by atoms with Crippen molar-refractivity contribution in [2.24, 2.45) is 0 Å². The number of carbonyl (C=O) groups excluding carboxylic acids is 1. The highest BCUT2D eigenvalue weighted by molar-refractivity contribution is 7.21. The average molecular weight is 472 g/mol. The SMILES string of the molecule is COc1ccc(-c2cc(C(F)(F)F)c3c(N)c(C(=O)N[C@@H](C)c4ccccc4)sc3n2)cc1. The van der Waals surface area contributed by atoms with E-state index in [2.05, 4.69) is 10.3 Å². The van der Waals surface area contributed by atoms with Gasteiger partial charge in [-0.15, -0.1) is 11.3 Å². The largest absolute Gasteiger partial charge is 0.497 e. The number of rotatable bonds is 5. The highest BCUT2D eigenvalue weighted by Crippen LogP contribution is 2.43. The smallest absolute Gasteiger partial charge is 0.417 e. The van der Waals surface area contributed by atoms with Gasteiger partial charge in [0.25, 0.3) is 5.91 Å². The van der Waals surface area contributed by atoms with Crippen LogP contribution >= 0.6 is 11.3 Å². The highest BCUT2D eigenvalue weighted by Gasteiger charge is 2.36. The van der Waals surface area contributed by atoms with Crippen LogP contribution in [0.1, 0.15) is 33.8 Å². The van der Waals surface area contributed by atoms with E-state index in [1.807, 2.05) is 30.3 Å². The minimum absolute atomic E-state index is 0.00216. The third-order valence-electron chi connectivity index (χ3n) is 5.24. The van der Waals surface area contributed by atoms with Crippen molar-refractivity contribution in [1.29, 1.82) is 0 Å². The molecule has 2 heterocycles. The van der Waals surface area contributed by atoms with Gasteiger partial charge >= 0.3 is 6.18 Å². The molecule has 0 radical (unpaired) electrons. The van der Waals surface area contributed by atoms with Gasteiger partial charge in [-0.05, 0) is 42.8 Å². The van der Waals surface area contributed by atoms with E-state index in [0.717, 1.165) is 23.0 Å². The zero-order valence-electron chi connectivity index (χ0n) is 17.7. The monoisotopic (exact) mass is 471 g/mol. The average Bonchev–Trinajstić information content (AvgIpc) is 3.15. The van der Waals surface area contributed by atoms with Crippen LogP contribution in [0.25, 0.3) is 21.5 Å². The van der Waals surface area contributed by atoms with Gasteiger partial charge < -0.3 is 15.8 Å². The number of hydrogen-bond donors (Lipinski definition) is 2. The zero-order valence-corrected chi connectivity index (χ0v) is 18.6. The summed E-state index contributed by atoms with van der Waals surface area (Å²) >= 11 is 0.843. The first kappa shape index (κ1) is 22.6. The number of alkyl halides is 3. The van der Waals surface area contributed by atoms with Gasteiger partial charge in [0.2, 0.25) is 0 Å². The molecule has 0 aliphatic heterocycles. The van der Waals surface area contributed by atoms with E-state index in [1.54, 1.807) is 31.2 Å². The number of halogens is 3. The molecule has 2 aromatic carbocycles. The molecule has 0 saturated carbocycles.